The van der Waals surface area contributed by atoms with Gasteiger partial charge in [-0.15, -0.1) is 0 Å². The summed E-state index contributed by atoms with van der Waals surface area (Å²) in [6.07, 6.45) is 7.18. The van der Waals surface area contributed by atoms with Crippen LogP contribution in [0.25, 0.3) is 0 Å². The maximum absolute atomic E-state index is 5.96. The highest BCUT2D eigenvalue weighted by atomic mass is 16.6. The molecule has 4 aromatic rings. The van der Waals surface area contributed by atoms with E-state index in [1.807, 2.05) is 36.7 Å². The van der Waals surface area contributed by atoms with Crippen LogP contribution in [0.1, 0.15) is 68.4 Å². The summed E-state index contributed by atoms with van der Waals surface area (Å²) in [6.45, 7) is 11.0. The predicted octanol–water partition coefficient (Wildman–Crippen LogP) is 9.03. The van der Waals surface area contributed by atoms with Gasteiger partial charge in [0.1, 0.15) is 24.2 Å². The van der Waals surface area contributed by atoms with Crippen LogP contribution in [0.15, 0.2) is 101 Å². The molecule has 1 aliphatic rings. The first-order valence-electron chi connectivity index (χ1n) is 15.3. The zero-order valence-corrected chi connectivity index (χ0v) is 25.8. The molecule has 0 bridgehead atoms. The Morgan fingerprint density at radius 1 is 0.791 bits per heavy atom. The summed E-state index contributed by atoms with van der Waals surface area (Å²) < 4.78 is 17.0. The molecule has 5 heteroatoms. The molecule has 43 heavy (non-hydrogen) atoms. The fourth-order valence-electron chi connectivity index (χ4n) is 4.85. The molecule has 0 radical (unpaired) electrons. The molecule has 4 aromatic carbocycles. The van der Waals surface area contributed by atoms with E-state index in [9.17, 15) is 0 Å². The Bertz CT molecular complexity index is 1530. The molecule has 0 N–H and O–H groups in total. The first-order valence-corrected chi connectivity index (χ1v) is 15.3. The van der Waals surface area contributed by atoms with Gasteiger partial charge < -0.3 is 14.2 Å². The van der Waals surface area contributed by atoms with Gasteiger partial charge in [0.05, 0.1) is 24.6 Å². The van der Waals surface area contributed by atoms with E-state index in [2.05, 4.69) is 99.4 Å². The Balaban J connectivity index is 1.20. The summed E-state index contributed by atoms with van der Waals surface area (Å²) in [6, 6.07) is 31.3. The van der Waals surface area contributed by atoms with Crippen LogP contribution in [0, 0.1) is 0 Å². The molecule has 1 saturated heterocycles. The van der Waals surface area contributed by atoms with Crippen molar-refractivity contribution in [2.75, 3.05) is 19.8 Å². The number of hydrogen-bond acceptors (Lipinski definition) is 5. The lowest BCUT2D eigenvalue weighted by atomic mass is 9.78. The minimum atomic E-state index is -0.162. The largest absolute Gasteiger partial charge is 0.493 e. The maximum atomic E-state index is 5.96. The summed E-state index contributed by atoms with van der Waals surface area (Å²) in [4.78, 5) is 9.42. The van der Waals surface area contributed by atoms with E-state index in [1.165, 1.54) is 16.7 Å². The molecule has 5 nitrogen and oxygen atoms in total. The average Bonchev–Trinajstić information content (AvgIpc) is 3.88. The standard InChI is InChI=1S/C38H42N2O3/c1-5-7-21-41-37-20-11-29(22-30(37)6-2)25-40-34-18-14-32(15-19-34)38(3,4)31-12-16-33(17-13-31)39-24-28-9-8-10-35(23-28)42-26-36-27-43-36/h8-20,22-25,36H,5-7,21,26-27H2,1-4H3/b39-24+,40-25+. The fourth-order valence-corrected chi connectivity index (χ4v) is 4.85. The Morgan fingerprint density at radius 2 is 1.42 bits per heavy atom. The smallest absolute Gasteiger partial charge is 0.122 e. The van der Waals surface area contributed by atoms with Crippen molar-refractivity contribution in [2.45, 2.75) is 58.5 Å². The lowest BCUT2D eigenvalue weighted by Gasteiger charge is -2.26. The highest BCUT2D eigenvalue weighted by molar-refractivity contribution is 5.83. The van der Waals surface area contributed by atoms with Gasteiger partial charge in [-0.3, -0.25) is 9.98 Å². The number of ether oxygens (including phenoxy) is 3. The van der Waals surface area contributed by atoms with Crippen LogP contribution in [0.2, 0.25) is 0 Å². The molecule has 0 aromatic heterocycles. The Labute approximate surface area is 256 Å². The molecule has 1 unspecified atom stereocenters. The summed E-state index contributed by atoms with van der Waals surface area (Å²) in [5.74, 6) is 1.82. The number of aliphatic imine (C=N–C) groups is 2. The van der Waals surface area contributed by atoms with E-state index in [0.717, 1.165) is 66.5 Å². The molecular formula is C38H42N2O3. The zero-order chi connectivity index (χ0) is 30.1. The Morgan fingerprint density at radius 3 is 2.00 bits per heavy atom. The second-order valence-electron chi connectivity index (χ2n) is 11.5. The third kappa shape index (κ3) is 8.42. The number of hydrogen-bond donors (Lipinski definition) is 0. The van der Waals surface area contributed by atoms with Crippen molar-refractivity contribution in [3.8, 4) is 11.5 Å². The van der Waals surface area contributed by atoms with Crippen molar-refractivity contribution >= 4 is 23.8 Å². The molecule has 1 heterocycles. The van der Waals surface area contributed by atoms with E-state index in [1.54, 1.807) is 0 Å². The second-order valence-corrected chi connectivity index (χ2v) is 11.5. The van der Waals surface area contributed by atoms with E-state index in [4.69, 9.17) is 19.2 Å². The molecule has 5 rings (SSSR count). The predicted molar refractivity (Wildman–Crippen MR) is 177 cm³/mol. The molecule has 0 saturated carbocycles. The van der Waals surface area contributed by atoms with Crippen molar-refractivity contribution in [3.63, 3.8) is 0 Å². The Kier molecular flexibility index (Phi) is 10.1. The molecule has 1 fully saturated rings. The summed E-state index contributed by atoms with van der Waals surface area (Å²) >= 11 is 0. The SMILES string of the molecule is CCCCOc1ccc(/C=N/c2ccc(C(C)(C)c3ccc(/N=C/c4cccc(OCC5CO5)c4)cc3)cc2)cc1CC. The quantitative estimate of drug-likeness (QED) is 0.0858. The minimum absolute atomic E-state index is 0.162. The molecule has 222 valence electrons. The second kappa shape index (κ2) is 14.3. The van der Waals surface area contributed by atoms with Gasteiger partial charge in [0.15, 0.2) is 0 Å². The maximum Gasteiger partial charge on any atom is 0.122 e. The number of aryl methyl sites for hydroxylation is 1. The van der Waals surface area contributed by atoms with Gasteiger partial charge in [-0.2, -0.15) is 0 Å². The highest BCUT2D eigenvalue weighted by Crippen LogP contribution is 2.33. The highest BCUT2D eigenvalue weighted by Gasteiger charge is 2.23. The van der Waals surface area contributed by atoms with E-state index in [0.29, 0.717) is 6.61 Å². The van der Waals surface area contributed by atoms with Crippen LogP contribution in [0.4, 0.5) is 11.4 Å². The average molecular weight is 575 g/mol. The van der Waals surface area contributed by atoms with Gasteiger partial charge in [0.25, 0.3) is 0 Å². The van der Waals surface area contributed by atoms with E-state index < -0.39 is 0 Å². The number of rotatable bonds is 14. The van der Waals surface area contributed by atoms with Crippen molar-refractivity contribution in [2.24, 2.45) is 9.98 Å². The molecule has 0 spiro atoms. The normalized spacial score (nSPS) is 14.8. The molecule has 1 atom stereocenters. The minimum Gasteiger partial charge on any atom is -0.493 e. The first-order chi connectivity index (χ1) is 20.9. The number of benzene rings is 4. The van der Waals surface area contributed by atoms with Gasteiger partial charge >= 0.3 is 0 Å². The fraction of sp³-hybridized carbons (Fsp3) is 0.316. The van der Waals surface area contributed by atoms with Crippen molar-refractivity contribution in [1.29, 1.82) is 0 Å². The van der Waals surface area contributed by atoms with Gasteiger partial charge in [-0.05, 0) is 95.3 Å². The topological polar surface area (TPSA) is 55.7 Å². The van der Waals surface area contributed by atoms with Crippen LogP contribution >= 0.6 is 0 Å². The Hall–Kier alpha value is -4.22. The van der Waals surface area contributed by atoms with Crippen LogP contribution in [-0.2, 0) is 16.6 Å². The molecular weight excluding hydrogens is 532 g/mol. The molecule has 0 amide bonds. The number of nitrogens with zero attached hydrogens (tertiary/aromatic N) is 2. The summed E-state index contributed by atoms with van der Waals surface area (Å²) in [5.41, 5.74) is 7.44. The summed E-state index contributed by atoms with van der Waals surface area (Å²) in [7, 11) is 0. The number of epoxide rings is 1. The molecule has 0 aliphatic carbocycles. The van der Waals surface area contributed by atoms with E-state index in [-0.39, 0.29) is 11.5 Å². The lowest BCUT2D eigenvalue weighted by Crippen LogP contribution is -2.18. The summed E-state index contributed by atoms with van der Waals surface area (Å²) in [5, 5.41) is 0. The van der Waals surface area contributed by atoms with Crippen molar-refractivity contribution < 1.29 is 14.2 Å². The molecule has 1 aliphatic heterocycles. The third-order valence-corrected chi connectivity index (χ3v) is 7.82. The lowest BCUT2D eigenvalue weighted by molar-refractivity contribution is 0.263. The van der Waals surface area contributed by atoms with Gasteiger partial charge in [0, 0.05) is 17.8 Å². The van der Waals surface area contributed by atoms with Crippen LogP contribution in [0.3, 0.4) is 0 Å². The van der Waals surface area contributed by atoms with Crippen molar-refractivity contribution in [3.05, 3.63) is 119 Å². The van der Waals surface area contributed by atoms with Gasteiger partial charge in [0.2, 0.25) is 0 Å². The van der Waals surface area contributed by atoms with Gasteiger partial charge in [-0.1, -0.05) is 70.5 Å². The zero-order valence-electron chi connectivity index (χ0n) is 25.8. The van der Waals surface area contributed by atoms with Gasteiger partial charge in [-0.25, -0.2) is 0 Å². The van der Waals surface area contributed by atoms with Crippen LogP contribution < -0.4 is 9.47 Å². The van der Waals surface area contributed by atoms with Crippen LogP contribution in [0.5, 0.6) is 11.5 Å². The first kappa shape index (κ1) is 30.2. The van der Waals surface area contributed by atoms with E-state index >= 15 is 0 Å². The number of unbranched alkanes of at least 4 members (excludes halogenated alkanes) is 1. The van der Waals surface area contributed by atoms with Crippen LogP contribution in [-0.4, -0.2) is 38.4 Å². The monoisotopic (exact) mass is 574 g/mol. The van der Waals surface area contributed by atoms with Crippen molar-refractivity contribution in [1.82, 2.24) is 0 Å². The third-order valence-electron chi connectivity index (χ3n) is 7.82.